The molecule has 6 fully saturated rings. The van der Waals surface area contributed by atoms with E-state index in [9.17, 15) is 24.6 Å². The van der Waals surface area contributed by atoms with Crippen LogP contribution in [0.1, 0.15) is 127 Å². The number of carboxylic acid groups (broad SMARTS) is 1. The molecule has 0 amide bonds. The van der Waals surface area contributed by atoms with Gasteiger partial charge in [0.05, 0.1) is 31.2 Å². The quantitative estimate of drug-likeness (QED) is 0.219. The van der Waals surface area contributed by atoms with Gasteiger partial charge >= 0.3 is 11.9 Å². The molecule has 10 nitrogen and oxygen atoms in total. The molecule has 0 bridgehead atoms. The first kappa shape index (κ1) is 43.2. The Hall–Kier alpha value is -1.85. The summed E-state index contributed by atoms with van der Waals surface area (Å²) in [5.41, 5.74) is 0.670. The van der Waals surface area contributed by atoms with Gasteiger partial charge in [-0.25, -0.2) is 0 Å². The van der Waals surface area contributed by atoms with E-state index in [1.54, 1.807) is 13.8 Å². The highest BCUT2D eigenvalue weighted by Gasteiger charge is 2.71. The number of morpholine rings is 1. The summed E-state index contributed by atoms with van der Waals surface area (Å²) in [7, 11) is 0. The number of carbonyl (C=O) groups excluding carboxylic acids is 2. The molecule has 1 unspecified atom stereocenters. The maximum absolute atomic E-state index is 14.2. The van der Waals surface area contributed by atoms with E-state index in [-0.39, 0.29) is 51.8 Å². The van der Waals surface area contributed by atoms with Gasteiger partial charge in [-0.3, -0.25) is 29.1 Å². The molecule has 0 radical (unpaired) electrons. The van der Waals surface area contributed by atoms with Gasteiger partial charge in [0.1, 0.15) is 6.10 Å². The average Bonchev–Trinajstić information content (AvgIpc) is 3.46. The molecule has 57 heavy (non-hydrogen) atoms. The van der Waals surface area contributed by atoms with Gasteiger partial charge in [0.25, 0.3) is 0 Å². The Labute approximate surface area is 343 Å². The molecule has 9 atom stereocenters. The average molecular weight is 796 g/mol. The first-order chi connectivity index (χ1) is 26.7. The van der Waals surface area contributed by atoms with Crippen LogP contribution in [-0.4, -0.2) is 127 Å². The molecule has 2 saturated heterocycles. The van der Waals surface area contributed by atoms with E-state index < -0.39 is 28.9 Å². The molecule has 7 aliphatic rings. The summed E-state index contributed by atoms with van der Waals surface area (Å²) in [4.78, 5) is 46.7. The lowest BCUT2D eigenvalue weighted by Gasteiger charge is -2.72. The molecule has 2 aliphatic heterocycles. The maximum Gasteiger partial charge on any atom is 0.309 e. The van der Waals surface area contributed by atoms with Crippen molar-refractivity contribution in [2.45, 2.75) is 139 Å². The number of aliphatic hydroxyl groups is 1. The summed E-state index contributed by atoms with van der Waals surface area (Å²) in [5.74, 6) is 0.189. The second-order valence-corrected chi connectivity index (χ2v) is 22.2. The van der Waals surface area contributed by atoms with Crippen molar-refractivity contribution >= 4 is 17.7 Å². The van der Waals surface area contributed by atoms with Crippen LogP contribution in [0, 0.1) is 56.2 Å². The number of fused-ring (bicyclic) bond motifs is 7. The first-order valence-electron chi connectivity index (χ1n) is 22.8. The van der Waals surface area contributed by atoms with E-state index in [1.165, 1.54) is 5.57 Å². The van der Waals surface area contributed by atoms with Gasteiger partial charge in [-0.15, -0.1) is 0 Å². The van der Waals surface area contributed by atoms with Crippen molar-refractivity contribution in [1.29, 1.82) is 0 Å². The summed E-state index contributed by atoms with van der Waals surface area (Å²) in [6, 6.07) is 0. The van der Waals surface area contributed by atoms with Crippen LogP contribution in [-0.2, 0) is 23.9 Å². The minimum atomic E-state index is -1.16. The summed E-state index contributed by atoms with van der Waals surface area (Å²) >= 11 is 0. The third-order valence-corrected chi connectivity index (χ3v) is 18.2. The Morgan fingerprint density at radius 1 is 0.825 bits per heavy atom. The number of hydrogen-bond donors (Lipinski definition) is 2. The molecule has 2 N–H and O–H groups in total. The number of ether oxygens (including phenoxy) is 2. The number of ketones is 1. The van der Waals surface area contributed by atoms with Crippen LogP contribution in [0.5, 0.6) is 0 Å². The molecule has 10 heteroatoms. The van der Waals surface area contributed by atoms with E-state index in [0.717, 1.165) is 123 Å². The highest BCUT2D eigenvalue weighted by atomic mass is 16.5. The van der Waals surface area contributed by atoms with Gasteiger partial charge < -0.3 is 19.7 Å². The number of piperazine rings is 1. The van der Waals surface area contributed by atoms with Gasteiger partial charge in [0.15, 0.2) is 5.78 Å². The molecule has 7 rings (SSSR count). The number of nitrogens with zero attached hydrogens (tertiary/aromatic N) is 3. The fourth-order valence-electron chi connectivity index (χ4n) is 14.6. The maximum atomic E-state index is 14.2. The van der Waals surface area contributed by atoms with Crippen LogP contribution in [0.15, 0.2) is 11.1 Å². The van der Waals surface area contributed by atoms with E-state index in [4.69, 9.17) is 9.47 Å². The minimum Gasteiger partial charge on any atom is -0.481 e. The summed E-state index contributed by atoms with van der Waals surface area (Å²) in [5, 5.41) is 22.2. The van der Waals surface area contributed by atoms with Gasteiger partial charge in [-0.1, -0.05) is 54.0 Å². The summed E-state index contributed by atoms with van der Waals surface area (Å²) in [6.45, 7) is 30.3. The Bertz CT molecular complexity index is 1580. The Balaban J connectivity index is 1.08. The number of carboxylic acids is 1. The zero-order chi connectivity index (χ0) is 41.3. The Kier molecular flexibility index (Phi) is 11.8. The number of esters is 1. The number of aliphatic carboxylic acids is 1. The number of Topliss-reactive ketones (excluding diaryl/α,β-unsaturated/α-hetero) is 1. The van der Waals surface area contributed by atoms with Crippen molar-refractivity contribution in [3.05, 3.63) is 11.1 Å². The van der Waals surface area contributed by atoms with Crippen LogP contribution in [0.4, 0.5) is 0 Å². The van der Waals surface area contributed by atoms with Gasteiger partial charge in [0.2, 0.25) is 0 Å². The van der Waals surface area contributed by atoms with Crippen LogP contribution in [0.25, 0.3) is 0 Å². The number of hydrogen-bond acceptors (Lipinski definition) is 9. The molecule has 0 aromatic carbocycles. The number of allylic oxidation sites excluding steroid dienone is 1. The van der Waals surface area contributed by atoms with Crippen molar-refractivity contribution in [2.75, 3.05) is 72.1 Å². The monoisotopic (exact) mass is 796 g/mol. The third kappa shape index (κ3) is 7.29. The fourth-order valence-corrected chi connectivity index (χ4v) is 14.6. The minimum absolute atomic E-state index is 0.00912. The summed E-state index contributed by atoms with van der Waals surface area (Å²) in [6.07, 6.45) is 7.55. The van der Waals surface area contributed by atoms with Gasteiger partial charge in [-0.05, 0) is 111 Å². The van der Waals surface area contributed by atoms with Crippen molar-refractivity contribution in [3.8, 4) is 0 Å². The molecule has 322 valence electrons. The molecular weight excluding hydrogens is 719 g/mol. The van der Waals surface area contributed by atoms with Crippen molar-refractivity contribution < 1.29 is 34.1 Å². The topological polar surface area (TPSA) is 120 Å². The predicted molar refractivity (Wildman–Crippen MR) is 221 cm³/mol. The molecule has 5 aliphatic carbocycles. The van der Waals surface area contributed by atoms with Crippen LogP contribution in [0.3, 0.4) is 0 Å². The van der Waals surface area contributed by atoms with Crippen molar-refractivity contribution in [3.63, 3.8) is 0 Å². The highest BCUT2D eigenvalue weighted by Crippen LogP contribution is 2.77. The van der Waals surface area contributed by atoms with E-state index in [0.29, 0.717) is 24.8 Å². The number of rotatable bonds is 11. The molecule has 0 aromatic rings. The van der Waals surface area contributed by atoms with Crippen LogP contribution in [0.2, 0.25) is 0 Å². The first-order valence-corrected chi connectivity index (χ1v) is 22.8. The van der Waals surface area contributed by atoms with Crippen molar-refractivity contribution in [2.24, 2.45) is 56.2 Å². The molecule has 2 heterocycles. The van der Waals surface area contributed by atoms with Crippen LogP contribution < -0.4 is 0 Å². The lowest BCUT2D eigenvalue weighted by molar-refractivity contribution is -0.235. The lowest BCUT2D eigenvalue weighted by Crippen LogP contribution is -2.66. The zero-order valence-electron chi connectivity index (χ0n) is 37.1. The van der Waals surface area contributed by atoms with Gasteiger partial charge in [-0.2, -0.15) is 0 Å². The predicted octanol–water partition coefficient (Wildman–Crippen LogP) is 6.69. The zero-order valence-corrected chi connectivity index (χ0v) is 37.1. The second-order valence-electron chi connectivity index (χ2n) is 22.2. The van der Waals surface area contributed by atoms with Crippen LogP contribution >= 0.6 is 0 Å². The SMILES string of the molecule is CC(C)C1=C2[C@H]3CC[C@@H]4[C@@]5(C)CC[C@H](OC(=O)CC(C)(C)C(=O)O)C(C)(C)[C@@H]5CC[C@@]4(C)[C@]3(C)CC[C@@]2(C(O)CN2CCN(CCN3CCOCC3)CC2)CC1=O. The number of β-amino-alcohol motifs (C(OH)–C–C–N with tert-alkyl or cyclic N) is 1. The third-order valence-electron chi connectivity index (χ3n) is 18.2. The lowest BCUT2D eigenvalue weighted by atomic mass is 9.33. The highest BCUT2D eigenvalue weighted by molar-refractivity contribution is 6.00. The molecule has 0 spiro atoms. The molecule has 4 saturated carbocycles. The van der Waals surface area contributed by atoms with Crippen molar-refractivity contribution in [1.82, 2.24) is 14.7 Å². The Morgan fingerprint density at radius 3 is 2.09 bits per heavy atom. The van der Waals surface area contributed by atoms with E-state index >= 15 is 0 Å². The standard InChI is InChI=1S/C47H77N3O7/c1-31(2)39-33(51)28-47(36(52)30-50-22-20-48(21-23-50)18-19-49-24-26-56-27-25-49)17-16-45(8)32(40(39)47)10-11-35-44(7)14-13-37(57-38(53)29-42(3,4)41(54)55)43(5,6)34(44)12-15-46(35,45)9/h31-32,34-37,52H,10-30H2,1-9H3,(H,54,55)/t32-,34+,35-,36?,37+,44+,45-,46-,47+/m1/s1. The summed E-state index contributed by atoms with van der Waals surface area (Å²) < 4.78 is 11.7. The van der Waals surface area contributed by atoms with E-state index in [1.807, 2.05) is 0 Å². The Morgan fingerprint density at radius 2 is 1.46 bits per heavy atom. The number of aliphatic hydroxyl groups excluding tert-OH is 1. The molecule has 0 aromatic heterocycles. The second kappa shape index (κ2) is 15.6. The smallest absolute Gasteiger partial charge is 0.309 e. The van der Waals surface area contributed by atoms with E-state index in [2.05, 4.69) is 63.2 Å². The molecular formula is C47H77N3O7. The normalized spacial score (nSPS) is 39.6. The number of carbonyl (C=O) groups is 3. The fraction of sp³-hybridized carbons (Fsp3) is 0.894. The largest absolute Gasteiger partial charge is 0.481 e. The van der Waals surface area contributed by atoms with Gasteiger partial charge in [0, 0.05) is 76.2 Å².